The molecule has 3 aromatic rings. The van der Waals surface area contributed by atoms with Crippen molar-refractivity contribution >= 4 is 11.4 Å². The lowest BCUT2D eigenvalue weighted by Gasteiger charge is -2.27. The first-order valence-electron chi connectivity index (χ1n) is 8.22. The number of alkyl halides is 3. The lowest BCUT2D eigenvalue weighted by molar-refractivity contribution is -0.188. The Kier molecular flexibility index (Phi) is 5.31. The van der Waals surface area contributed by atoms with Gasteiger partial charge >= 0.3 is 6.18 Å². The van der Waals surface area contributed by atoms with Crippen LogP contribution < -0.4 is 16.8 Å². The molecule has 0 bridgehead atoms. The molecule has 8 nitrogen and oxygen atoms in total. The van der Waals surface area contributed by atoms with Crippen LogP contribution in [0.4, 0.5) is 24.5 Å². The first-order valence-corrected chi connectivity index (χ1v) is 8.22. The largest absolute Gasteiger partial charge is 0.423 e. The lowest BCUT2D eigenvalue weighted by atomic mass is 10.0. The van der Waals surface area contributed by atoms with Gasteiger partial charge in [-0.15, -0.1) is 10.2 Å². The normalized spacial score (nSPS) is 12.2. The molecule has 148 valence electrons. The van der Waals surface area contributed by atoms with Crippen molar-refractivity contribution in [1.82, 2.24) is 20.2 Å². The van der Waals surface area contributed by atoms with Crippen LogP contribution in [0.15, 0.2) is 48.5 Å². The van der Waals surface area contributed by atoms with E-state index in [4.69, 9.17) is 16.6 Å². The summed E-state index contributed by atoms with van der Waals surface area (Å²) >= 11 is 0. The number of anilines is 2. The van der Waals surface area contributed by atoms with Crippen LogP contribution in [-0.2, 0) is 12.2 Å². The first kappa shape index (κ1) is 19.7. The first-order chi connectivity index (χ1) is 13.2. The molecule has 0 saturated heterocycles. The van der Waals surface area contributed by atoms with Crippen LogP contribution in [0.25, 0.3) is 11.4 Å². The minimum Gasteiger partial charge on any atom is -0.394 e. The van der Waals surface area contributed by atoms with Gasteiger partial charge in [-0.2, -0.15) is 18.0 Å². The Hall–Kier alpha value is -3.02. The SMILES string of the molecule is NC(N)(c1ccc(Nc2ccccc2-c2nnn(CCO)n2)cc1)C(F)(F)F. The highest BCUT2D eigenvalue weighted by Gasteiger charge is 2.50. The van der Waals surface area contributed by atoms with Crippen LogP contribution in [0.5, 0.6) is 0 Å². The predicted molar refractivity (Wildman–Crippen MR) is 96.2 cm³/mol. The molecule has 0 fully saturated rings. The molecule has 1 aromatic heterocycles. The molecule has 2 aromatic carbocycles. The molecule has 0 aliphatic heterocycles. The summed E-state index contributed by atoms with van der Waals surface area (Å²) in [6.07, 6.45) is -4.78. The molecule has 0 radical (unpaired) electrons. The third-order valence-corrected chi connectivity index (χ3v) is 4.03. The number of aliphatic hydroxyl groups is 1. The average molecular weight is 393 g/mol. The monoisotopic (exact) mass is 393 g/mol. The molecule has 6 N–H and O–H groups in total. The van der Waals surface area contributed by atoms with E-state index in [1.807, 2.05) is 0 Å². The van der Waals surface area contributed by atoms with Crippen LogP contribution in [0.3, 0.4) is 0 Å². The zero-order chi connectivity index (χ0) is 20.4. The van der Waals surface area contributed by atoms with Gasteiger partial charge < -0.3 is 21.9 Å². The van der Waals surface area contributed by atoms with Gasteiger partial charge in [0, 0.05) is 16.9 Å². The quantitative estimate of drug-likeness (QED) is 0.469. The number of benzene rings is 2. The number of tetrazole rings is 1. The smallest absolute Gasteiger partial charge is 0.394 e. The molecule has 0 atom stereocenters. The second-order valence-corrected chi connectivity index (χ2v) is 6.05. The van der Waals surface area contributed by atoms with Crippen LogP contribution in [0.2, 0.25) is 0 Å². The summed E-state index contributed by atoms with van der Waals surface area (Å²) in [5.41, 5.74) is 9.07. The van der Waals surface area contributed by atoms with Crippen molar-refractivity contribution in [1.29, 1.82) is 0 Å². The topological polar surface area (TPSA) is 128 Å². The standard InChI is InChI=1S/C17H18F3N7O/c18-17(19,20)16(21,22)11-5-7-12(8-6-11)23-14-4-2-1-3-13(14)15-24-26-27(25-15)9-10-28/h1-8,23,28H,9-10,21-22H2. The highest BCUT2D eigenvalue weighted by molar-refractivity contribution is 5.77. The van der Waals surface area contributed by atoms with Gasteiger partial charge in [0.15, 0.2) is 5.66 Å². The van der Waals surface area contributed by atoms with Crippen molar-refractivity contribution in [2.45, 2.75) is 18.4 Å². The fourth-order valence-electron chi connectivity index (χ4n) is 2.47. The molecule has 28 heavy (non-hydrogen) atoms. The fourth-order valence-corrected chi connectivity index (χ4v) is 2.47. The number of aromatic nitrogens is 4. The van der Waals surface area contributed by atoms with E-state index in [0.29, 0.717) is 22.8 Å². The number of nitrogens with two attached hydrogens (primary N) is 2. The molecule has 0 aliphatic rings. The lowest BCUT2D eigenvalue weighted by Crippen LogP contribution is -2.57. The second-order valence-electron chi connectivity index (χ2n) is 6.05. The summed E-state index contributed by atoms with van der Waals surface area (Å²) in [5, 5.41) is 24.0. The molecular formula is C17H18F3N7O. The Morgan fingerprint density at radius 2 is 1.71 bits per heavy atom. The van der Waals surface area contributed by atoms with Gasteiger partial charge in [-0.3, -0.25) is 0 Å². The molecule has 1 heterocycles. The van der Waals surface area contributed by atoms with Gasteiger partial charge in [0.25, 0.3) is 0 Å². The highest BCUT2D eigenvalue weighted by Crippen LogP contribution is 2.33. The summed E-state index contributed by atoms with van der Waals surface area (Å²) in [5.74, 6) is 0.341. The Morgan fingerprint density at radius 3 is 2.36 bits per heavy atom. The minimum absolute atomic E-state index is 0.121. The zero-order valence-corrected chi connectivity index (χ0v) is 14.6. The van der Waals surface area contributed by atoms with E-state index in [-0.39, 0.29) is 18.7 Å². The Morgan fingerprint density at radius 1 is 1.04 bits per heavy atom. The number of aliphatic hydroxyl groups excluding tert-OH is 1. The Bertz CT molecular complexity index is 938. The maximum absolute atomic E-state index is 13.0. The molecule has 0 spiro atoms. The molecular weight excluding hydrogens is 375 g/mol. The van der Waals surface area contributed by atoms with Gasteiger partial charge in [0.05, 0.1) is 13.2 Å². The number of para-hydroxylation sites is 1. The summed E-state index contributed by atoms with van der Waals surface area (Å²) < 4.78 is 38.9. The van der Waals surface area contributed by atoms with Crippen LogP contribution in [0, 0.1) is 0 Å². The third kappa shape index (κ3) is 3.96. The van der Waals surface area contributed by atoms with Crippen molar-refractivity contribution in [3.63, 3.8) is 0 Å². The maximum Gasteiger partial charge on any atom is 0.423 e. The van der Waals surface area contributed by atoms with E-state index < -0.39 is 11.8 Å². The number of nitrogens with one attached hydrogen (secondary N) is 1. The van der Waals surface area contributed by atoms with Crippen molar-refractivity contribution < 1.29 is 18.3 Å². The number of halogens is 3. The molecule has 0 unspecified atom stereocenters. The molecule has 3 rings (SSSR count). The van der Waals surface area contributed by atoms with Crippen LogP contribution in [0.1, 0.15) is 5.56 Å². The molecule has 0 amide bonds. The van der Waals surface area contributed by atoms with E-state index in [1.54, 1.807) is 24.3 Å². The third-order valence-electron chi connectivity index (χ3n) is 4.03. The minimum atomic E-state index is -4.78. The zero-order valence-electron chi connectivity index (χ0n) is 14.6. The summed E-state index contributed by atoms with van der Waals surface area (Å²) in [7, 11) is 0. The van der Waals surface area contributed by atoms with Crippen LogP contribution in [-0.4, -0.2) is 38.1 Å². The molecule has 11 heteroatoms. The number of hydrogen-bond acceptors (Lipinski definition) is 7. The highest BCUT2D eigenvalue weighted by atomic mass is 19.4. The summed E-state index contributed by atoms with van der Waals surface area (Å²) in [6, 6.07) is 12.4. The van der Waals surface area contributed by atoms with Gasteiger partial charge in [-0.1, -0.05) is 24.3 Å². The van der Waals surface area contributed by atoms with Gasteiger partial charge in [-0.25, -0.2) is 0 Å². The fraction of sp³-hybridized carbons (Fsp3) is 0.235. The summed E-state index contributed by atoms with van der Waals surface area (Å²) in [4.78, 5) is 1.26. The predicted octanol–water partition coefficient (Wildman–Crippen LogP) is 1.71. The number of nitrogens with zero attached hydrogens (tertiary/aromatic N) is 4. The van der Waals surface area contributed by atoms with E-state index in [1.165, 1.54) is 29.1 Å². The van der Waals surface area contributed by atoms with Crippen molar-refractivity contribution in [2.24, 2.45) is 11.5 Å². The molecule has 0 saturated carbocycles. The molecule has 0 aliphatic carbocycles. The number of rotatable bonds is 6. The Labute approximate surface area is 158 Å². The Balaban J connectivity index is 1.85. The van der Waals surface area contributed by atoms with Crippen molar-refractivity contribution in [3.8, 4) is 11.4 Å². The van der Waals surface area contributed by atoms with Gasteiger partial charge in [-0.05, 0) is 35.0 Å². The van der Waals surface area contributed by atoms with E-state index in [9.17, 15) is 13.2 Å². The van der Waals surface area contributed by atoms with E-state index in [2.05, 4.69) is 20.7 Å². The summed E-state index contributed by atoms with van der Waals surface area (Å²) in [6.45, 7) is 0.0902. The van der Waals surface area contributed by atoms with Crippen molar-refractivity contribution in [3.05, 3.63) is 54.1 Å². The average Bonchev–Trinajstić information content (AvgIpc) is 3.10. The van der Waals surface area contributed by atoms with Gasteiger partial charge in [0.2, 0.25) is 5.82 Å². The second kappa shape index (κ2) is 7.54. The number of hydrogen-bond donors (Lipinski definition) is 4. The van der Waals surface area contributed by atoms with E-state index in [0.717, 1.165) is 0 Å². The van der Waals surface area contributed by atoms with E-state index >= 15 is 0 Å². The maximum atomic E-state index is 13.0. The van der Waals surface area contributed by atoms with Crippen molar-refractivity contribution in [2.75, 3.05) is 11.9 Å². The van der Waals surface area contributed by atoms with Crippen LogP contribution >= 0.6 is 0 Å². The van der Waals surface area contributed by atoms with Gasteiger partial charge in [0.1, 0.15) is 0 Å².